The number of hydrogen-bond donors (Lipinski definition) is 1. The molecule has 0 bridgehead atoms. The van der Waals surface area contributed by atoms with E-state index in [0.717, 1.165) is 6.42 Å². The third-order valence-corrected chi connectivity index (χ3v) is 1.82. The summed E-state index contributed by atoms with van der Waals surface area (Å²) in [7, 11) is 1.59. The first-order valence-electron chi connectivity index (χ1n) is 4.53. The molecule has 78 valence electrons. The number of aliphatic carboxylic acids is 1. The van der Waals surface area contributed by atoms with Gasteiger partial charge in [0.15, 0.2) is 0 Å². The number of rotatable bonds is 8. The Morgan fingerprint density at radius 1 is 1.43 bits per heavy atom. The van der Waals surface area contributed by atoms with Crippen LogP contribution in [-0.4, -0.2) is 30.9 Å². The number of carbonyl (C=O) groups excluding carboxylic acids is 1. The van der Waals surface area contributed by atoms with Crippen molar-refractivity contribution in [3.63, 3.8) is 0 Å². The van der Waals surface area contributed by atoms with Crippen LogP contribution < -0.4 is 56.5 Å². The van der Waals surface area contributed by atoms with Crippen LogP contribution in [0, 0.1) is 0 Å². The van der Waals surface area contributed by atoms with Gasteiger partial charge in [0.2, 0.25) is 0 Å². The quantitative estimate of drug-likeness (QED) is 0.349. The Balaban J connectivity index is 0. The minimum atomic E-state index is -1.02. The zero-order valence-corrected chi connectivity index (χ0v) is 12.1. The maximum absolute atomic E-state index is 10.0. The normalized spacial score (nSPS) is 11.9. The topological polar surface area (TPSA) is 69.6 Å². The summed E-state index contributed by atoms with van der Waals surface area (Å²) < 4.78 is 4.79. The summed E-state index contributed by atoms with van der Waals surface area (Å²) in [6, 6.07) is 0. The van der Waals surface area contributed by atoms with Gasteiger partial charge < -0.3 is 19.7 Å². The van der Waals surface area contributed by atoms with Crippen molar-refractivity contribution in [2.75, 3.05) is 13.7 Å². The van der Waals surface area contributed by atoms with Crippen molar-refractivity contribution in [1.29, 1.82) is 0 Å². The predicted octanol–water partition coefficient (Wildman–Crippen LogP) is -3.30. The number of hydrogen-bond acceptors (Lipinski definition) is 4. The average molecular weight is 228 g/mol. The Morgan fingerprint density at radius 3 is 2.57 bits per heavy atom. The Hall–Kier alpha value is 1.03. The first-order chi connectivity index (χ1) is 6.16. The van der Waals surface area contributed by atoms with Crippen LogP contribution in [0.15, 0.2) is 0 Å². The van der Waals surface area contributed by atoms with E-state index in [4.69, 9.17) is 4.74 Å². The maximum atomic E-state index is 10.0. The monoisotopic (exact) mass is 228 g/mol. The van der Waals surface area contributed by atoms with Crippen LogP contribution >= 0.6 is 0 Å². The number of ether oxygens (including phenoxy) is 1. The van der Waals surface area contributed by atoms with Crippen molar-refractivity contribution in [2.24, 2.45) is 0 Å². The molecule has 0 amide bonds. The van der Waals surface area contributed by atoms with E-state index in [1.807, 2.05) is 0 Å². The van der Waals surface area contributed by atoms with Crippen molar-refractivity contribution in [3.05, 3.63) is 0 Å². The number of methoxy groups -OCH3 is 1. The first-order valence-corrected chi connectivity index (χ1v) is 4.53. The zero-order chi connectivity index (χ0) is 10.1. The van der Waals surface area contributed by atoms with Gasteiger partial charge >= 0.3 is 51.4 Å². The van der Waals surface area contributed by atoms with Crippen LogP contribution in [0.4, 0.5) is 0 Å². The second-order valence-corrected chi connectivity index (χ2v) is 3.05. The van der Waals surface area contributed by atoms with Crippen molar-refractivity contribution < 1.29 is 71.1 Å². The molecule has 1 N–H and O–H groups in total. The summed E-state index contributed by atoms with van der Waals surface area (Å²) in [6.45, 7) is 0.543. The van der Waals surface area contributed by atoms with Gasteiger partial charge in [0.25, 0.3) is 0 Å². The second kappa shape index (κ2) is 12.1. The van der Waals surface area contributed by atoms with Crippen LogP contribution in [0.25, 0.3) is 0 Å². The Kier molecular flexibility index (Phi) is 15.1. The molecule has 0 aromatic carbocycles. The van der Waals surface area contributed by atoms with Gasteiger partial charge in [0, 0.05) is 19.7 Å². The molecule has 0 saturated carbocycles. The van der Waals surface area contributed by atoms with Crippen molar-refractivity contribution in [3.8, 4) is 0 Å². The van der Waals surface area contributed by atoms with E-state index >= 15 is 0 Å². The maximum Gasteiger partial charge on any atom is 1.00 e. The molecule has 1 atom stereocenters. The largest absolute Gasteiger partial charge is 1.00 e. The molecule has 0 aromatic heterocycles. The Labute approximate surface area is 127 Å². The third kappa shape index (κ3) is 13.0. The molecular weight excluding hydrogens is 211 g/mol. The Bertz CT molecular complexity index is 141. The minimum Gasteiger partial charge on any atom is -0.550 e. The summed E-state index contributed by atoms with van der Waals surface area (Å²) in [5.74, 6) is -1.02. The van der Waals surface area contributed by atoms with Crippen molar-refractivity contribution in [1.82, 2.24) is 0 Å². The molecule has 14 heavy (non-hydrogen) atoms. The van der Waals surface area contributed by atoms with E-state index in [0.29, 0.717) is 25.9 Å². The fraction of sp³-hybridized carbons (Fsp3) is 0.889. The fourth-order valence-corrected chi connectivity index (χ4v) is 1.05. The van der Waals surface area contributed by atoms with E-state index in [1.54, 1.807) is 7.11 Å². The van der Waals surface area contributed by atoms with E-state index in [2.05, 4.69) is 0 Å². The summed E-state index contributed by atoms with van der Waals surface area (Å²) in [5, 5.41) is 19.3. The molecule has 0 radical (unpaired) electrons. The molecule has 0 aliphatic rings. The van der Waals surface area contributed by atoms with Crippen LogP contribution in [0.3, 0.4) is 0 Å². The SMILES string of the molecule is COCC[C@@H](O)CCCCC(=O)[O-].[K+]. The van der Waals surface area contributed by atoms with E-state index in [1.165, 1.54) is 0 Å². The van der Waals surface area contributed by atoms with Gasteiger partial charge in [0.1, 0.15) is 0 Å². The third-order valence-electron chi connectivity index (χ3n) is 1.82. The number of aliphatic hydroxyl groups is 1. The minimum absolute atomic E-state index is 0. The molecular formula is C9H17KO4. The van der Waals surface area contributed by atoms with Gasteiger partial charge in [-0.1, -0.05) is 6.42 Å². The summed E-state index contributed by atoms with van der Waals surface area (Å²) >= 11 is 0. The number of carboxylic acids is 1. The molecule has 0 spiro atoms. The Morgan fingerprint density at radius 2 is 2.07 bits per heavy atom. The second-order valence-electron chi connectivity index (χ2n) is 3.05. The van der Waals surface area contributed by atoms with Gasteiger partial charge in [-0.25, -0.2) is 0 Å². The smallest absolute Gasteiger partial charge is 0.550 e. The van der Waals surface area contributed by atoms with E-state index < -0.39 is 5.97 Å². The molecule has 0 rings (SSSR count). The molecule has 0 heterocycles. The van der Waals surface area contributed by atoms with Crippen molar-refractivity contribution in [2.45, 2.75) is 38.2 Å². The van der Waals surface area contributed by atoms with Gasteiger partial charge in [-0.3, -0.25) is 0 Å². The zero-order valence-electron chi connectivity index (χ0n) is 8.99. The average Bonchev–Trinajstić information content (AvgIpc) is 2.08. The fourth-order valence-electron chi connectivity index (χ4n) is 1.05. The summed E-state index contributed by atoms with van der Waals surface area (Å²) in [6.07, 6.45) is 2.25. The van der Waals surface area contributed by atoms with Crippen LogP contribution in [-0.2, 0) is 9.53 Å². The van der Waals surface area contributed by atoms with Gasteiger partial charge in [0.05, 0.1) is 6.10 Å². The molecule has 4 nitrogen and oxygen atoms in total. The predicted molar refractivity (Wildman–Crippen MR) is 46.0 cm³/mol. The molecule has 0 unspecified atom stereocenters. The van der Waals surface area contributed by atoms with Crippen molar-refractivity contribution >= 4 is 5.97 Å². The molecule has 0 aliphatic carbocycles. The molecule has 0 fully saturated rings. The van der Waals surface area contributed by atoms with E-state index in [9.17, 15) is 15.0 Å². The number of carboxylic acid groups (broad SMARTS) is 1. The molecule has 5 heteroatoms. The number of aliphatic hydroxyl groups excluding tert-OH is 1. The number of unbranched alkanes of at least 4 members (excludes halogenated alkanes) is 1. The van der Waals surface area contributed by atoms with Gasteiger partial charge in [-0.15, -0.1) is 0 Å². The van der Waals surface area contributed by atoms with Crippen LogP contribution in [0.5, 0.6) is 0 Å². The van der Waals surface area contributed by atoms with Crippen LogP contribution in [0.2, 0.25) is 0 Å². The number of carbonyl (C=O) groups is 1. The van der Waals surface area contributed by atoms with Gasteiger partial charge in [-0.2, -0.15) is 0 Å². The van der Waals surface area contributed by atoms with E-state index in [-0.39, 0.29) is 63.9 Å². The first kappa shape index (κ1) is 17.4. The summed E-state index contributed by atoms with van der Waals surface area (Å²) in [4.78, 5) is 10.0. The standard InChI is InChI=1S/C9H18O4.K/c1-13-7-6-8(10)4-2-3-5-9(11)12;/h8,10H,2-7H2,1H3,(H,11,12);/q;+1/p-1/t8-;/m0./s1. The molecule has 0 aromatic rings. The summed E-state index contributed by atoms with van der Waals surface area (Å²) in [5.41, 5.74) is 0. The molecule has 0 saturated heterocycles. The van der Waals surface area contributed by atoms with Crippen LogP contribution in [0.1, 0.15) is 32.1 Å². The van der Waals surface area contributed by atoms with Gasteiger partial charge in [-0.05, 0) is 25.7 Å². The molecule has 0 aliphatic heterocycles.